The van der Waals surface area contributed by atoms with Gasteiger partial charge in [-0.3, -0.25) is 0 Å². The molecule has 0 saturated carbocycles. The van der Waals surface area contributed by atoms with Gasteiger partial charge >= 0.3 is 12.1 Å². The van der Waals surface area contributed by atoms with Crippen molar-refractivity contribution in [1.82, 2.24) is 5.32 Å². The van der Waals surface area contributed by atoms with Gasteiger partial charge in [-0.05, 0) is 58.4 Å². The fourth-order valence-electron chi connectivity index (χ4n) is 5.07. The van der Waals surface area contributed by atoms with Crippen LogP contribution in [0, 0.1) is 0 Å². The fraction of sp³-hybridized carbons (Fsp3) is 0.259. The molecule has 0 bridgehead atoms. The molecular weight excluding hydrogens is 418 g/mol. The highest BCUT2D eigenvalue weighted by atomic mass is 16.5. The van der Waals surface area contributed by atoms with Crippen LogP contribution in [0.25, 0.3) is 11.1 Å². The zero-order valence-electron chi connectivity index (χ0n) is 18.3. The molecule has 2 aliphatic rings. The summed E-state index contributed by atoms with van der Waals surface area (Å²) in [5.74, 6) is -0.401. The second kappa shape index (κ2) is 8.28. The number of alkyl carbamates (subject to hydrolysis) is 1. The standard InChI is InChI=1S/C27H25NO5/c1-32-19-11-10-18-15-27(25(29)30,13-12-17(18)14-19)28-26(31)33-16-24-22-8-4-2-6-20(22)21-7-3-5-9-23(21)24/h2-11,14,24H,12-13,15-16H2,1H3,(H,28,31)(H,29,30). The van der Waals surface area contributed by atoms with E-state index in [9.17, 15) is 14.7 Å². The van der Waals surface area contributed by atoms with E-state index in [4.69, 9.17) is 9.47 Å². The third kappa shape index (κ3) is 3.71. The Morgan fingerprint density at radius 1 is 1.00 bits per heavy atom. The quantitative estimate of drug-likeness (QED) is 0.605. The molecule has 5 rings (SSSR count). The maximum Gasteiger partial charge on any atom is 0.408 e. The Morgan fingerprint density at radius 3 is 2.30 bits per heavy atom. The average Bonchev–Trinajstić information content (AvgIpc) is 3.16. The molecule has 0 spiro atoms. The van der Waals surface area contributed by atoms with E-state index in [0.29, 0.717) is 6.42 Å². The minimum atomic E-state index is -1.40. The minimum Gasteiger partial charge on any atom is -0.497 e. The van der Waals surface area contributed by atoms with Crippen molar-refractivity contribution in [2.24, 2.45) is 0 Å². The van der Waals surface area contributed by atoms with Gasteiger partial charge in [0.2, 0.25) is 0 Å². The lowest BCUT2D eigenvalue weighted by molar-refractivity contribution is -0.145. The van der Waals surface area contributed by atoms with Gasteiger partial charge in [-0.2, -0.15) is 0 Å². The van der Waals surface area contributed by atoms with Gasteiger partial charge in [0.15, 0.2) is 0 Å². The van der Waals surface area contributed by atoms with Crippen LogP contribution in [0.2, 0.25) is 0 Å². The molecule has 3 aromatic carbocycles. The van der Waals surface area contributed by atoms with Crippen LogP contribution in [0.4, 0.5) is 4.79 Å². The number of rotatable bonds is 5. The maximum absolute atomic E-state index is 12.8. The number of carboxylic acids is 1. The topological polar surface area (TPSA) is 84.9 Å². The average molecular weight is 443 g/mol. The van der Waals surface area contributed by atoms with Crippen LogP contribution in [0.1, 0.15) is 34.6 Å². The molecule has 0 radical (unpaired) electrons. The monoisotopic (exact) mass is 443 g/mol. The smallest absolute Gasteiger partial charge is 0.408 e. The van der Waals surface area contributed by atoms with Gasteiger partial charge in [-0.15, -0.1) is 0 Å². The summed E-state index contributed by atoms with van der Waals surface area (Å²) in [6.45, 7) is 0.142. The first-order chi connectivity index (χ1) is 16.0. The van der Waals surface area contributed by atoms with E-state index >= 15 is 0 Å². The lowest BCUT2D eigenvalue weighted by Crippen LogP contribution is -2.58. The largest absolute Gasteiger partial charge is 0.497 e. The third-order valence-corrected chi connectivity index (χ3v) is 6.82. The van der Waals surface area contributed by atoms with E-state index in [1.807, 2.05) is 54.6 Å². The zero-order chi connectivity index (χ0) is 23.0. The van der Waals surface area contributed by atoms with E-state index in [-0.39, 0.29) is 25.4 Å². The predicted molar refractivity (Wildman–Crippen MR) is 124 cm³/mol. The number of aryl methyl sites for hydroxylation is 1. The van der Waals surface area contributed by atoms with Crippen LogP contribution in [0.5, 0.6) is 5.75 Å². The molecule has 0 heterocycles. The van der Waals surface area contributed by atoms with E-state index < -0.39 is 17.6 Å². The van der Waals surface area contributed by atoms with Crippen molar-refractivity contribution < 1.29 is 24.2 Å². The Morgan fingerprint density at radius 2 is 1.67 bits per heavy atom. The first-order valence-corrected chi connectivity index (χ1v) is 11.0. The van der Waals surface area contributed by atoms with Gasteiger partial charge in [0.25, 0.3) is 0 Å². The molecule has 33 heavy (non-hydrogen) atoms. The summed E-state index contributed by atoms with van der Waals surface area (Å²) < 4.78 is 10.9. The lowest BCUT2D eigenvalue weighted by atomic mass is 9.78. The Bertz CT molecular complexity index is 1190. The molecule has 0 fully saturated rings. The van der Waals surface area contributed by atoms with Gasteiger partial charge in [0.05, 0.1) is 7.11 Å². The molecule has 6 nitrogen and oxygen atoms in total. The molecule has 0 aromatic heterocycles. The Kier molecular flexibility index (Phi) is 5.29. The number of carbonyl (C=O) groups is 2. The zero-order valence-corrected chi connectivity index (χ0v) is 18.3. The van der Waals surface area contributed by atoms with Crippen LogP contribution in [-0.2, 0) is 22.4 Å². The predicted octanol–water partition coefficient (Wildman–Crippen LogP) is 4.55. The molecule has 3 aromatic rings. The van der Waals surface area contributed by atoms with Crippen molar-refractivity contribution in [3.05, 3.63) is 89.0 Å². The van der Waals surface area contributed by atoms with E-state index in [1.165, 1.54) is 0 Å². The van der Waals surface area contributed by atoms with Crippen molar-refractivity contribution >= 4 is 12.1 Å². The van der Waals surface area contributed by atoms with Crippen molar-refractivity contribution in [3.8, 4) is 16.9 Å². The Hall–Kier alpha value is -3.80. The van der Waals surface area contributed by atoms with Gasteiger partial charge in [-0.1, -0.05) is 54.6 Å². The summed E-state index contributed by atoms with van der Waals surface area (Å²) in [6, 6.07) is 21.8. The highest BCUT2D eigenvalue weighted by Gasteiger charge is 2.43. The van der Waals surface area contributed by atoms with Crippen molar-refractivity contribution in [2.45, 2.75) is 30.7 Å². The third-order valence-electron chi connectivity index (χ3n) is 6.82. The number of ether oxygens (including phenoxy) is 2. The number of fused-ring (bicyclic) bond motifs is 4. The molecule has 1 unspecified atom stereocenters. The first kappa shape index (κ1) is 21.1. The SMILES string of the molecule is COc1ccc2c(c1)CCC(NC(=O)OCC1c3ccccc3-c3ccccc31)(C(=O)O)C2. The molecule has 1 amide bonds. The molecule has 0 saturated heterocycles. The summed E-state index contributed by atoms with van der Waals surface area (Å²) >= 11 is 0. The molecule has 6 heteroatoms. The molecule has 1 atom stereocenters. The number of benzene rings is 3. The van der Waals surface area contributed by atoms with Gasteiger partial charge in [0, 0.05) is 12.3 Å². The number of hydrogen-bond acceptors (Lipinski definition) is 4. The number of amides is 1. The summed E-state index contributed by atoms with van der Waals surface area (Å²) in [5, 5.41) is 12.7. The molecule has 0 aliphatic heterocycles. The second-order valence-electron chi connectivity index (χ2n) is 8.65. The van der Waals surface area contributed by atoms with Gasteiger partial charge in [-0.25, -0.2) is 9.59 Å². The summed E-state index contributed by atoms with van der Waals surface area (Å²) in [7, 11) is 1.60. The number of methoxy groups -OCH3 is 1. The highest BCUT2D eigenvalue weighted by Crippen LogP contribution is 2.44. The minimum absolute atomic E-state index is 0.0801. The van der Waals surface area contributed by atoms with Gasteiger partial charge in [0.1, 0.15) is 17.9 Å². The molecular formula is C27H25NO5. The normalized spacial score (nSPS) is 18.6. The number of carbonyl (C=O) groups excluding carboxylic acids is 1. The second-order valence-corrected chi connectivity index (χ2v) is 8.65. The number of carboxylic acid groups (broad SMARTS) is 1. The van der Waals surface area contributed by atoms with E-state index in [0.717, 1.165) is 39.1 Å². The van der Waals surface area contributed by atoms with Crippen LogP contribution in [-0.4, -0.2) is 36.4 Å². The summed E-state index contributed by atoms with van der Waals surface area (Å²) in [6.07, 6.45) is 0.303. The summed E-state index contributed by atoms with van der Waals surface area (Å²) in [5.41, 5.74) is 5.04. The van der Waals surface area contributed by atoms with Crippen molar-refractivity contribution in [2.75, 3.05) is 13.7 Å². The van der Waals surface area contributed by atoms with Gasteiger partial charge < -0.3 is 19.9 Å². The summed E-state index contributed by atoms with van der Waals surface area (Å²) in [4.78, 5) is 25.0. The first-order valence-electron chi connectivity index (χ1n) is 11.0. The maximum atomic E-state index is 12.8. The van der Waals surface area contributed by atoms with Crippen molar-refractivity contribution in [1.29, 1.82) is 0 Å². The number of nitrogens with one attached hydrogen (secondary N) is 1. The molecule has 2 aliphatic carbocycles. The van der Waals surface area contributed by atoms with Crippen LogP contribution >= 0.6 is 0 Å². The fourth-order valence-corrected chi connectivity index (χ4v) is 5.07. The Balaban J connectivity index is 1.32. The van der Waals surface area contributed by atoms with E-state index in [2.05, 4.69) is 17.4 Å². The van der Waals surface area contributed by atoms with E-state index in [1.54, 1.807) is 7.11 Å². The van der Waals surface area contributed by atoms with Crippen LogP contribution in [0.15, 0.2) is 66.7 Å². The molecule has 168 valence electrons. The van der Waals surface area contributed by atoms with Crippen LogP contribution in [0.3, 0.4) is 0 Å². The molecule has 2 N–H and O–H groups in total. The highest BCUT2D eigenvalue weighted by molar-refractivity contribution is 5.85. The number of hydrogen-bond donors (Lipinski definition) is 2. The van der Waals surface area contributed by atoms with Crippen LogP contribution < -0.4 is 10.1 Å². The number of aliphatic carboxylic acids is 1. The van der Waals surface area contributed by atoms with Crippen molar-refractivity contribution in [3.63, 3.8) is 0 Å². The lowest BCUT2D eigenvalue weighted by Gasteiger charge is -2.35. The Labute approximate surface area is 192 Å².